The van der Waals surface area contributed by atoms with Crippen LogP contribution in [0.2, 0.25) is 0 Å². The molecule has 0 aromatic carbocycles. The van der Waals surface area contributed by atoms with Gasteiger partial charge >= 0.3 is 6.09 Å². The van der Waals surface area contributed by atoms with Crippen LogP contribution in [0.3, 0.4) is 0 Å². The maximum absolute atomic E-state index is 11.9. The van der Waals surface area contributed by atoms with E-state index in [4.69, 9.17) is 24.7 Å². The van der Waals surface area contributed by atoms with Gasteiger partial charge in [-0.15, -0.1) is 0 Å². The third-order valence-corrected chi connectivity index (χ3v) is 5.25. The van der Waals surface area contributed by atoms with Crippen LogP contribution in [0.5, 0.6) is 0 Å². The van der Waals surface area contributed by atoms with Gasteiger partial charge in [-0.2, -0.15) is 0 Å². The van der Waals surface area contributed by atoms with Crippen molar-refractivity contribution < 1.29 is 23.7 Å². The molecule has 1 spiro atoms. The summed E-state index contributed by atoms with van der Waals surface area (Å²) in [5.41, 5.74) is 6.20. The monoisotopic (exact) mass is 328 g/mol. The molecule has 1 aliphatic carbocycles. The predicted molar refractivity (Wildman–Crippen MR) is 83.0 cm³/mol. The molecule has 7 nitrogen and oxygen atoms in total. The highest BCUT2D eigenvalue weighted by molar-refractivity contribution is 5.68. The summed E-state index contributed by atoms with van der Waals surface area (Å²) < 4.78 is 22.4. The minimum absolute atomic E-state index is 0.0562. The topological polar surface area (TPSA) is 83.3 Å². The lowest BCUT2D eigenvalue weighted by Crippen LogP contribution is -2.56. The molecule has 0 bridgehead atoms. The third-order valence-electron chi connectivity index (χ3n) is 5.25. The maximum atomic E-state index is 11.9. The van der Waals surface area contributed by atoms with Crippen molar-refractivity contribution in [3.63, 3.8) is 0 Å². The summed E-state index contributed by atoms with van der Waals surface area (Å²) in [6, 6.07) is -0.162. The van der Waals surface area contributed by atoms with Crippen molar-refractivity contribution in [3.8, 4) is 0 Å². The highest BCUT2D eigenvalue weighted by Crippen LogP contribution is 2.36. The van der Waals surface area contributed by atoms with Crippen LogP contribution in [0.1, 0.15) is 38.5 Å². The Morgan fingerprint density at radius 1 is 1.26 bits per heavy atom. The molecule has 2 atom stereocenters. The van der Waals surface area contributed by atoms with Gasteiger partial charge in [0.1, 0.15) is 0 Å². The largest absolute Gasteiger partial charge is 0.453 e. The van der Waals surface area contributed by atoms with E-state index in [9.17, 15) is 4.79 Å². The number of carbonyl (C=O) groups is 1. The quantitative estimate of drug-likeness (QED) is 0.839. The van der Waals surface area contributed by atoms with Gasteiger partial charge in [-0.05, 0) is 25.7 Å². The maximum Gasteiger partial charge on any atom is 0.409 e. The molecule has 0 unspecified atom stereocenters. The summed E-state index contributed by atoms with van der Waals surface area (Å²) in [5, 5.41) is 0. The molecule has 0 radical (unpaired) electrons. The minimum Gasteiger partial charge on any atom is -0.453 e. The number of methoxy groups -OCH3 is 1. The second-order valence-corrected chi connectivity index (χ2v) is 6.68. The van der Waals surface area contributed by atoms with Gasteiger partial charge in [0, 0.05) is 25.4 Å². The first kappa shape index (κ1) is 17.0. The van der Waals surface area contributed by atoms with E-state index in [1.54, 1.807) is 4.90 Å². The number of hydrogen-bond donors (Lipinski definition) is 1. The van der Waals surface area contributed by atoms with Crippen LogP contribution >= 0.6 is 0 Å². The Hall–Kier alpha value is -0.890. The lowest BCUT2D eigenvalue weighted by atomic mass is 9.91. The molecule has 2 aliphatic heterocycles. The molecule has 2 N–H and O–H groups in total. The van der Waals surface area contributed by atoms with E-state index < -0.39 is 0 Å². The average Bonchev–Trinajstić information content (AvgIpc) is 3.02. The van der Waals surface area contributed by atoms with Gasteiger partial charge in [0.05, 0.1) is 39.1 Å². The second kappa shape index (κ2) is 7.34. The lowest BCUT2D eigenvalue weighted by Gasteiger charge is -2.40. The molecule has 2 heterocycles. The number of amides is 1. The molecule has 0 aromatic heterocycles. The second-order valence-electron chi connectivity index (χ2n) is 6.68. The van der Waals surface area contributed by atoms with E-state index in [-0.39, 0.29) is 30.1 Å². The first-order valence-electron chi connectivity index (χ1n) is 8.63. The molecular weight excluding hydrogens is 300 g/mol. The van der Waals surface area contributed by atoms with Gasteiger partial charge in [0.15, 0.2) is 5.79 Å². The Morgan fingerprint density at radius 3 is 2.61 bits per heavy atom. The molecule has 3 aliphatic rings. The zero-order chi connectivity index (χ0) is 16.3. The molecule has 7 heteroatoms. The first-order valence-corrected chi connectivity index (χ1v) is 8.63. The Bertz CT molecular complexity index is 403. The number of nitrogens with two attached hydrogens (primary N) is 1. The van der Waals surface area contributed by atoms with Crippen molar-refractivity contribution in [2.24, 2.45) is 5.73 Å². The lowest BCUT2D eigenvalue weighted by molar-refractivity contribution is -0.192. The standard InChI is InChI=1S/C16H28N2O5/c1-20-15(19)18-8-2-3-13(17)14(18)11-21-12-4-6-16(7-5-12)22-9-10-23-16/h12-14H,2-11,17H2,1H3/t13-,14-/m0/s1. The van der Waals surface area contributed by atoms with Crippen molar-refractivity contribution in [2.45, 2.75) is 62.5 Å². The van der Waals surface area contributed by atoms with Crippen LogP contribution in [-0.2, 0) is 18.9 Å². The van der Waals surface area contributed by atoms with Crippen LogP contribution in [-0.4, -0.2) is 68.4 Å². The molecule has 1 saturated carbocycles. The van der Waals surface area contributed by atoms with Gasteiger partial charge in [-0.3, -0.25) is 0 Å². The zero-order valence-electron chi connectivity index (χ0n) is 13.9. The summed E-state index contributed by atoms with van der Waals surface area (Å²) in [6.07, 6.45) is 5.26. The van der Waals surface area contributed by atoms with Crippen LogP contribution in [0.4, 0.5) is 4.79 Å². The smallest absolute Gasteiger partial charge is 0.409 e. The van der Waals surface area contributed by atoms with Crippen molar-refractivity contribution in [2.75, 3.05) is 33.5 Å². The number of piperidine rings is 1. The Balaban J connectivity index is 1.49. The summed E-state index contributed by atoms with van der Waals surface area (Å²) >= 11 is 0. The summed E-state index contributed by atoms with van der Waals surface area (Å²) in [7, 11) is 1.41. The highest BCUT2D eigenvalue weighted by Gasteiger charge is 2.41. The Labute approximate surface area is 137 Å². The van der Waals surface area contributed by atoms with Crippen LogP contribution in [0.25, 0.3) is 0 Å². The van der Waals surface area contributed by atoms with Crippen molar-refractivity contribution in [3.05, 3.63) is 0 Å². The predicted octanol–water partition coefficient (Wildman–Crippen LogP) is 1.25. The minimum atomic E-state index is -0.362. The molecule has 23 heavy (non-hydrogen) atoms. The fourth-order valence-electron chi connectivity index (χ4n) is 3.86. The van der Waals surface area contributed by atoms with Gasteiger partial charge in [-0.25, -0.2) is 4.79 Å². The molecule has 1 amide bonds. The van der Waals surface area contributed by atoms with Crippen molar-refractivity contribution >= 4 is 6.09 Å². The number of carbonyl (C=O) groups excluding carboxylic acids is 1. The number of nitrogens with zero attached hydrogens (tertiary/aromatic N) is 1. The molecular formula is C16H28N2O5. The molecule has 3 rings (SSSR count). The third kappa shape index (κ3) is 3.79. The molecule has 0 aromatic rings. The van der Waals surface area contributed by atoms with Crippen LogP contribution in [0.15, 0.2) is 0 Å². The summed E-state index contributed by atoms with van der Waals surface area (Å²) in [4.78, 5) is 13.6. The van der Waals surface area contributed by atoms with E-state index in [2.05, 4.69) is 0 Å². The fraction of sp³-hybridized carbons (Fsp3) is 0.938. The molecule has 132 valence electrons. The fourth-order valence-corrected chi connectivity index (χ4v) is 3.86. The van der Waals surface area contributed by atoms with E-state index in [0.29, 0.717) is 26.4 Å². The normalized spacial score (nSPS) is 31.5. The van der Waals surface area contributed by atoms with E-state index in [0.717, 1.165) is 38.5 Å². The average molecular weight is 328 g/mol. The zero-order valence-corrected chi connectivity index (χ0v) is 13.9. The van der Waals surface area contributed by atoms with E-state index >= 15 is 0 Å². The Morgan fingerprint density at radius 2 is 1.96 bits per heavy atom. The van der Waals surface area contributed by atoms with Crippen molar-refractivity contribution in [1.29, 1.82) is 0 Å². The van der Waals surface area contributed by atoms with Gasteiger partial charge in [0.2, 0.25) is 0 Å². The first-order chi connectivity index (χ1) is 11.1. The molecule has 3 fully saturated rings. The van der Waals surface area contributed by atoms with Gasteiger partial charge in [0.25, 0.3) is 0 Å². The summed E-state index contributed by atoms with van der Waals surface area (Å²) in [6.45, 7) is 2.53. The Kier molecular flexibility index (Phi) is 5.41. The van der Waals surface area contributed by atoms with E-state index in [1.165, 1.54) is 7.11 Å². The van der Waals surface area contributed by atoms with E-state index in [1.807, 2.05) is 0 Å². The van der Waals surface area contributed by atoms with Crippen LogP contribution < -0.4 is 5.73 Å². The summed E-state index contributed by atoms with van der Waals surface area (Å²) in [5.74, 6) is -0.362. The number of ether oxygens (including phenoxy) is 4. The van der Waals surface area contributed by atoms with Gasteiger partial charge < -0.3 is 29.6 Å². The van der Waals surface area contributed by atoms with Gasteiger partial charge in [-0.1, -0.05) is 0 Å². The number of rotatable bonds is 3. The van der Waals surface area contributed by atoms with Crippen molar-refractivity contribution in [1.82, 2.24) is 4.90 Å². The van der Waals surface area contributed by atoms with Crippen LogP contribution in [0, 0.1) is 0 Å². The SMILES string of the molecule is COC(=O)N1CCC[C@H](N)[C@@H]1COC1CCC2(CC1)OCCO2. The highest BCUT2D eigenvalue weighted by atomic mass is 16.7. The molecule has 2 saturated heterocycles. The number of hydrogen-bond acceptors (Lipinski definition) is 6. The number of likely N-dealkylation sites (tertiary alicyclic amines) is 1.